The summed E-state index contributed by atoms with van der Waals surface area (Å²) >= 11 is 0. The van der Waals surface area contributed by atoms with Gasteiger partial charge in [0.1, 0.15) is 0 Å². The highest BCUT2D eigenvalue weighted by molar-refractivity contribution is 7.88. The van der Waals surface area contributed by atoms with Crippen molar-refractivity contribution < 1.29 is 18.0 Å². The van der Waals surface area contributed by atoms with Gasteiger partial charge in [0.2, 0.25) is 15.9 Å². The smallest absolute Gasteiger partial charge is 0.253 e. The van der Waals surface area contributed by atoms with Gasteiger partial charge in [-0.05, 0) is 56.4 Å². The second-order valence-corrected chi connectivity index (χ2v) is 9.36. The summed E-state index contributed by atoms with van der Waals surface area (Å²) in [5.41, 5.74) is 1.24. The molecule has 7 nitrogen and oxygen atoms in total. The normalized spacial score (nSPS) is 21.7. The number of sulfonamides is 1. The van der Waals surface area contributed by atoms with Crippen molar-refractivity contribution in [2.75, 3.05) is 37.8 Å². The zero-order chi connectivity index (χ0) is 19.4. The maximum atomic E-state index is 12.5. The lowest BCUT2D eigenvalue weighted by molar-refractivity contribution is -0.120. The first-order valence-electron chi connectivity index (χ1n) is 9.50. The molecule has 2 aliphatic rings. The van der Waals surface area contributed by atoms with Crippen LogP contribution in [0.1, 0.15) is 42.5 Å². The monoisotopic (exact) mass is 393 g/mol. The van der Waals surface area contributed by atoms with Gasteiger partial charge in [-0.2, -0.15) is 0 Å². The minimum atomic E-state index is -3.28. The Hall–Kier alpha value is -1.93. The molecule has 2 saturated heterocycles. The van der Waals surface area contributed by atoms with Crippen molar-refractivity contribution in [1.29, 1.82) is 0 Å². The predicted octanol–water partition coefficient (Wildman–Crippen LogP) is 1.92. The standard InChI is InChI=1S/C19H27N3O4S/c1-27(25,26)22-13-5-6-16(14-22)18(23)20-17-9-7-15(8-10-17)19(24)21-11-3-2-4-12-21/h7-10,16H,2-6,11-14H2,1H3,(H,20,23)/t16-/m1/s1. The van der Waals surface area contributed by atoms with Crippen molar-refractivity contribution >= 4 is 27.5 Å². The second-order valence-electron chi connectivity index (χ2n) is 7.38. The van der Waals surface area contributed by atoms with Gasteiger partial charge in [-0.3, -0.25) is 9.59 Å². The number of carbonyl (C=O) groups is 2. The number of hydrogen-bond acceptors (Lipinski definition) is 4. The van der Waals surface area contributed by atoms with E-state index in [9.17, 15) is 18.0 Å². The largest absolute Gasteiger partial charge is 0.339 e. The van der Waals surface area contributed by atoms with Gasteiger partial charge in [0.15, 0.2) is 0 Å². The van der Waals surface area contributed by atoms with Gasteiger partial charge < -0.3 is 10.2 Å². The molecule has 0 aromatic heterocycles. The lowest BCUT2D eigenvalue weighted by Crippen LogP contribution is -2.43. The zero-order valence-electron chi connectivity index (χ0n) is 15.7. The van der Waals surface area contributed by atoms with E-state index in [1.807, 2.05) is 4.90 Å². The summed E-state index contributed by atoms with van der Waals surface area (Å²) in [6.45, 7) is 2.29. The molecule has 1 aromatic carbocycles. The molecule has 0 spiro atoms. The molecule has 27 heavy (non-hydrogen) atoms. The average Bonchev–Trinajstić information content (AvgIpc) is 2.68. The van der Waals surface area contributed by atoms with E-state index in [1.54, 1.807) is 24.3 Å². The molecule has 2 heterocycles. The molecular weight excluding hydrogens is 366 g/mol. The summed E-state index contributed by atoms with van der Waals surface area (Å²) in [5, 5.41) is 2.84. The molecule has 3 rings (SSSR count). The van der Waals surface area contributed by atoms with Crippen molar-refractivity contribution in [3.63, 3.8) is 0 Å². The van der Waals surface area contributed by atoms with E-state index < -0.39 is 10.0 Å². The number of anilines is 1. The summed E-state index contributed by atoms with van der Waals surface area (Å²) in [7, 11) is -3.28. The highest BCUT2D eigenvalue weighted by Gasteiger charge is 2.30. The molecule has 2 aliphatic heterocycles. The Morgan fingerprint density at radius 3 is 2.30 bits per heavy atom. The number of nitrogens with one attached hydrogen (secondary N) is 1. The van der Waals surface area contributed by atoms with Crippen LogP contribution in [0.3, 0.4) is 0 Å². The molecule has 0 saturated carbocycles. The van der Waals surface area contributed by atoms with Gasteiger partial charge in [-0.15, -0.1) is 0 Å². The number of amides is 2. The first-order chi connectivity index (χ1) is 12.8. The van der Waals surface area contributed by atoms with Crippen molar-refractivity contribution in [3.05, 3.63) is 29.8 Å². The Morgan fingerprint density at radius 1 is 1.00 bits per heavy atom. The van der Waals surface area contributed by atoms with Gasteiger partial charge in [-0.25, -0.2) is 12.7 Å². The number of nitrogens with zero attached hydrogens (tertiary/aromatic N) is 2. The summed E-state index contributed by atoms with van der Waals surface area (Å²) in [5.74, 6) is -0.509. The first-order valence-corrected chi connectivity index (χ1v) is 11.3. The second kappa shape index (κ2) is 8.39. The molecule has 2 amide bonds. The van der Waals surface area contributed by atoms with Crippen molar-refractivity contribution in [2.45, 2.75) is 32.1 Å². The van der Waals surface area contributed by atoms with Crippen LogP contribution in [0.5, 0.6) is 0 Å². The van der Waals surface area contributed by atoms with E-state index in [-0.39, 0.29) is 24.3 Å². The van der Waals surface area contributed by atoms with E-state index in [4.69, 9.17) is 0 Å². The third-order valence-electron chi connectivity index (χ3n) is 5.27. The van der Waals surface area contributed by atoms with Crippen LogP contribution in [0.15, 0.2) is 24.3 Å². The lowest BCUT2D eigenvalue weighted by atomic mass is 9.98. The molecule has 148 valence electrons. The van der Waals surface area contributed by atoms with Gasteiger partial charge in [0, 0.05) is 37.4 Å². The van der Waals surface area contributed by atoms with Crippen molar-refractivity contribution in [1.82, 2.24) is 9.21 Å². The van der Waals surface area contributed by atoms with Gasteiger partial charge in [0.05, 0.1) is 12.2 Å². The van der Waals surface area contributed by atoms with E-state index in [0.717, 1.165) is 25.9 Å². The van der Waals surface area contributed by atoms with E-state index in [2.05, 4.69) is 5.32 Å². The van der Waals surface area contributed by atoms with Crippen molar-refractivity contribution in [3.8, 4) is 0 Å². The minimum Gasteiger partial charge on any atom is -0.339 e. The van der Waals surface area contributed by atoms with Gasteiger partial charge in [0.25, 0.3) is 5.91 Å². The molecule has 1 N–H and O–H groups in total. The Kier molecular flexibility index (Phi) is 6.16. The van der Waals surface area contributed by atoms with Gasteiger partial charge in [-0.1, -0.05) is 0 Å². The minimum absolute atomic E-state index is 0.0312. The molecule has 0 bridgehead atoms. The van der Waals surface area contributed by atoms with E-state index in [0.29, 0.717) is 30.6 Å². The Morgan fingerprint density at radius 2 is 1.67 bits per heavy atom. The summed E-state index contributed by atoms with van der Waals surface area (Å²) < 4.78 is 24.8. The third kappa shape index (κ3) is 5.07. The van der Waals surface area contributed by atoms with Crippen LogP contribution in [0, 0.1) is 5.92 Å². The molecule has 0 aliphatic carbocycles. The highest BCUT2D eigenvalue weighted by atomic mass is 32.2. The predicted molar refractivity (Wildman–Crippen MR) is 104 cm³/mol. The van der Waals surface area contributed by atoms with E-state index in [1.165, 1.54) is 17.0 Å². The molecule has 1 aromatic rings. The lowest BCUT2D eigenvalue weighted by Gasteiger charge is -2.30. The number of benzene rings is 1. The van der Waals surface area contributed by atoms with Gasteiger partial charge >= 0.3 is 0 Å². The Labute approximate surface area is 160 Å². The number of hydrogen-bond donors (Lipinski definition) is 1. The SMILES string of the molecule is CS(=O)(=O)N1CCC[C@@H](C(=O)Nc2ccc(C(=O)N3CCCCC3)cc2)C1. The van der Waals surface area contributed by atoms with Crippen LogP contribution in [-0.4, -0.2) is 61.9 Å². The number of rotatable bonds is 4. The fourth-order valence-electron chi connectivity index (χ4n) is 3.68. The maximum Gasteiger partial charge on any atom is 0.253 e. The van der Waals surface area contributed by atoms with E-state index >= 15 is 0 Å². The quantitative estimate of drug-likeness (QED) is 0.847. The van der Waals surface area contributed by atoms with Crippen LogP contribution in [-0.2, 0) is 14.8 Å². The van der Waals surface area contributed by atoms with Crippen LogP contribution in [0.25, 0.3) is 0 Å². The Balaban J connectivity index is 1.59. The average molecular weight is 394 g/mol. The molecule has 2 fully saturated rings. The van der Waals surface area contributed by atoms with Crippen molar-refractivity contribution in [2.24, 2.45) is 5.92 Å². The first kappa shape index (κ1) is 19.8. The van der Waals surface area contributed by atoms with Crippen LogP contribution < -0.4 is 5.32 Å². The summed E-state index contributed by atoms with van der Waals surface area (Å²) in [6.07, 6.45) is 5.79. The fourth-order valence-corrected chi connectivity index (χ4v) is 4.59. The number of likely N-dealkylation sites (tertiary alicyclic amines) is 1. The topological polar surface area (TPSA) is 86.8 Å². The highest BCUT2D eigenvalue weighted by Crippen LogP contribution is 2.21. The number of carbonyl (C=O) groups excluding carboxylic acids is 2. The molecule has 0 unspecified atom stereocenters. The zero-order valence-corrected chi connectivity index (χ0v) is 16.5. The molecule has 8 heteroatoms. The summed E-state index contributed by atoms with van der Waals surface area (Å²) in [6, 6.07) is 6.92. The fraction of sp³-hybridized carbons (Fsp3) is 0.579. The molecule has 1 atom stereocenters. The third-order valence-corrected chi connectivity index (χ3v) is 6.54. The molecule has 0 radical (unpaired) electrons. The summed E-state index contributed by atoms with van der Waals surface area (Å²) in [4.78, 5) is 26.9. The number of piperidine rings is 2. The molecular formula is C19H27N3O4S. The Bertz CT molecular complexity index is 786. The maximum absolute atomic E-state index is 12.5. The van der Waals surface area contributed by atoms with Crippen LogP contribution >= 0.6 is 0 Å². The van der Waals surface area contributed by atoms with Crippen LogP contribution in [0.4, 0.5) is 5.69 Å². The van der Waals surface area contributed by atoms with Crippen LogP contribution in [0.2, 0.25) is 0 Å².